The second-order valence-electron chi connectivity index (χ2n) is 7.54. The molecule has 1 aromatic heterocycles. The fourth-order valence-electron chi connectivity index (χ4n) is 3.57. The summed E-state index contributed by atoms with van der Waals surface area (Å²) >= 11 is 0. The van der Waals surface area contributed by atoms with Gasteiger partial charge in [-0.25, -0.2) is 4.79 Å². The third kappa shape index (κ3) is 3.85. The standard InChI is InChI=1S/C22H25N5O3/c1-14-12-17(15(2)23-29-4)10-11-21(14)30-13-19-18(16-8-9-16)6-5-7-20(19)27-22(28)26(3)24-25-27/h5-7,10-12,16H,8-9,13H2,1-4H3/b23-15-. The number of hydrogen-bond donors (Lipinski definition) is 0. The van der Waals surface area contributed by atoms with Crippen molar-refractivity contribution >= 4 is 5.71 Å². The van der Waals surface area contributed by atoms with Crippen molar-refractivity contribution in [3.63, 3.8) is 0 Å². The molecule has 2 aromatic carbocycles. The minimum Gasteiger partial charge on any atom is -0.489 e. The first-order chi connectivity index (χ1) is 14.5. The molecule has 3 aromatic rings. The molecule has 156 valence electrons. The monoisotopic (exact) mass is 407 g/mol. The largest absolute Gasteiger partial charge is 0.489 e. The van der Waals surface area contributed by atoms with Crippen molar-refractivity contribution in [3.8, 4) is 11.4 Å². The Kier molecular flexibility index (Phi) is 5.39. The highest BCUT2D eigenvalue weighted by Gasteiger charge is 2.28. The first-order valence-corrected chi connectivity index (χ1v) is 9.92. The Morgan fingerprint density at radius 1 is 1.23 bits per heavy atom. The summed E-state index contributed by atoms with van der Waals surface area (Å²) in [4.78, 5) is 17.3. The average Bonchev–Trinajstić information content (AvgIpc) is 3.53. The summed E-state index contributed by atoms with van der Waals surface area (Å²) in [7, 11) is 3.12. The number of tetrazole rings is 1. The minimum atomic E-state index is -0.280. The molecule has 1 aliphatic rings. The van der Waals surface area contributed by atoms with Gasteiger partial charge in [-0.05, 0) is 84.0 Å². The van der Waals surface area contributed by atoms with Gasteiger partial charge in [-0.3, -0.25) is 0 Å². The van der Waals surface area contributed by atoms with Gasteiger partial charge in [0.15, 0.2) is 0 Å². The van der Waals surface area contributed by atoms with Crippen LogP contribution in [0.3, 0.4) is 0 Å². The van der Waals surface area contributed by atoms with E-state index in [9.17, 15) is 4.79 Å². The van der Waals surface area contributed by atoms with Crippen LogP contribution in [-0.2, 0) is 18.5 Å². The van der Waals surface area contributed by atoms with Gasteiger partial charge < -0.3 is 9.57 Å². The van der Waals surface area contributed by atoms with Crippen molar-refractivity contribution in [2.75, 3.05) is 7.11 Å². The van der Waals surface area contributed by atoms with Gasteiger partial charge in [0, 0.05) is 12.6 Å². The second-order valence-corrected chi connectivity index (χ2v) is 7.54. The fraction of sp³-hybridized carbons (Fsp3) is 0.364. The molecule has 1 saturated carbocycles. The molecule has 30 heavy (non-hydrogen) atoms. The molecule has 8 heteroatoms. The lowest BCUT2D eigenvalue weighted by Gasteiger charge is -2.16. The van der Waals surface area contributed by atoms with Crippen molar-refractivity contribution in [2.45, 2.75) is 39.2 Å². The first-order valence-electron chi connectivity index (χ1n) is 9.92. The van der Waals surface area contributed by atoms with E-state index in [1.54, 1.807) is 7.05 Å². The van der Waals surface area contributed by atoms with Gasteiger partial charge in [0.2, 0.25) is 0 Å². The van der Waals surface area contributed by atoms with Gasteiger partial charge in [0.05, 0.1) is 11.4 Å². The normalized spacial score (nSPS) is 14.1. The first kappa shape index (κ1) is 19.9. The van der Waals surface area contributed by atoms with Crippen LogP contribution in [0.5, 0.6) is 5.75 Å². The van der Waals surface area contributed by atoms with Crippen LogP contribution < -0.4 is 10.4 Å². The quantitative estimate of drug-likeness (QED) is 0.444. The molecule has 0 saturated heterocycles. The van der Waals surface area contributed by atoms with Crippen LogP contribution in [0.1, 0.15) is 47.9 Å². The zero-order chi connectivity index (χ0) is 21.3. The lowest BCUT2D eigenvalue weighted by Crippen LogP contribution is -2.23. The van der Waals surface area contributed by atoms with Gasteiger partial charge in [0.25, 0.3) is 0 Å². The lowest BCUT2D eigenvalue weighted by atomic mass is 10.0. The Labute approximate surface area is 174 Å². The summed E-state index contributed by atoms with van der Waals surface area (Å²) in [5.41, 5.74) is 5.40. The number of hydrogen-bond acceptors (Lipinski definition) is 6. The molecule has 0 atom stereocenters. The van der Waals surface area contributed by atoms with Crippen LogP contribution in [0.15, 0.2) is 46.3 Å². The molecule has 1 heterocycles. The van der Waals surface area contributed by atoms with E-state index in [1.807, 2.05) is 44.2 Å². The Bertz CT molecular complexity index is 1160. The number of nitrogens with zero attached hydrogens (tertiary/aromatic N) is 5. The van der Waals surface area contributed by atoms with Crippen LogP contribution in [0.4, 0.5) is 0 Å². The van der Waals surface area contributed by atoms with E-state index in [1.165, 1.54) is 22.0 Å². The molecule has 0 N–H and O–H groups in total. The molecule has 0 spiro atoms. The Morgan fingerprint density at radius 2 is 2.03 bits per heavy atom. The summed E-state index contributed by atoms with van der Waals surface area (Å²) in [6.45, 7) is 4.24. The highest BCUT2D eigenvalue weighted by molar-refractivity contribution is 5.98. The maximum absolute atomic E-state index is 12.4. The SMILES string of the molecule is CO/N=C(/C)c1ccc(OCc2c(C3CC3)cccc2-n2nnn(C)c2=O)c(C)c1. The van der Waals surface area contributed by atoms with E-state index >= 15 is 0 Å². The topological polar surface area (TPSA) is 83.5 Å². The zero-order valence-corrected chi connectivity index (χ0v) is 17.6. The van der Waals surface area contributed by atoms with Crippen molar-refractivity contribution < 1.29 is 9.57 Å². The maximum Gasteiger partial charge on any atom is 0.368 e. The summed E-state index contributed by atoms with van der Waals surface area (Å²) in [6.07, 6.45) is 2.30. The summed E-state index contributed by atoms with van der Waals surface area (Å²) in [5.74, 6) is 1.29. The maximum atomic E-state index is 12.4. The van der Waals surface area contributed by atoms with Crippen molar-refractivity contribution in [3.05, 3.63) is 69.1 Å². The van der Waals surface area contributed by atoms with E-state index < -0.39 is 0 Å². The van der Waals surface area contributed by atoms with Crippen LogP contribution in [0.2, 0.25) is 0 Å². The third-order valence-corrected chi connectivity index (χ3v) is 5.35. The van der Waals surface area contributed by atoms with Gasteiger partial charge in [-0.2, -0.15) is 9.36 Å². The molecule has 0 radical (unpaired) electrons. The van der Waals surface area contributed by atoms with Gasteiger partial charge in [0.1, 0.15) is 19.5 Å². The van der Waals surface area contributed by atoms with Gasteiger partial charge >= 0.3 is 5.69 Å². The number of aromatic nitrogens is 4. The summed E-state index contributed by atoms with van der Waals surface area (Å²) < 4.78 is 8.77. The van der Waals surface area contributed by atoms with E-state index in [-0.39, 0.29) is 5.69 Å². The molecule has 1 fully saturated rings. The minimum absolute atomic E-state index is 0.280. The third-order valence-electron chi connectivity index (χ3n) is 5.35. The average molecular weight is 407 g/mol. The predicted octanol–water partition coefficient (Wildman–Crippen LogP) is 3.10. The van der Waals surface area contributed by atoms with E-state index in [0.717, 1.165) is 46.7 Å². The molecule has 0 aliphatic heterocycles. The van der Waals surface area contributed by atoms with Crippen LogP contribution in [0, 0.1) is 6.92 Å². The second kappa shape index (κ2) is 8.14. The number of aryl methyl sites for hydroxylation is 2. The molecule has 4 rings (SSSR count). The fourth-order valence-corrected chi connectivity index (χ4v) is 3.57. The summed E-state index contributed by atoms with van der Waals surface area (Å²) in [5, 5.41) is 11.9. The Morgan fingerprint density at radius 3 is 2.67 bits per heavy atom. The molecule has 0 amide bonds. The van der Waals surface area contributed by atoms with E-state index in [2.05, 4.69) is 21.6 Å². The Hall–Kier alpha value is -3.42. The number of oxime groups is 1. The number of rotatable bonds is 7. The van der Waals surface area contributed by atoms with Crippen molar-refractivity contribution in [2.24, 2.45) is 12.2 Å². The highest BCUT2D eigenvalue weighted by Crippen LogP contribution is 2.43. The van der Waals surface area contributed by atoms with E-state index in [4.69, 9.17) is 9.57 Å². The highest BCUT2D eigenvalue weighted by atomic mass is 16.6. The van der Waals surface area contributed by atoms with E-state index in [0.29, 0.717) is 12.5 Å². The summed E-state index contributed by atoms with van der Waals surface area (Å²) in [6, 6.07) is 11.9. The smallest absolute Gasteiger partial charge is 0.368 e. The van der Waals surface area contributed by atoms with Crippen LogP contribution in [0.25, 0.3) is 5.69 Å². The van der Waals surface area contributed by atoms with Crippen molar-refractivity contribution in [1.29, 1.82) is 0 Å². The zero-order valence-electron chi connectivity index (χ0n) is 17.6. The predicted molar refractivity (Wildman–Crippen MR) is 113 cm³/mol. The lowest BCUT2D eigenvalue weighted by molar-refractivity contribution is 0.213. The van der Waals surface area contributed by atoms with Gasteiger partial charge in [-0.15, -0.1) is 0 Å². The van der Waals surface area contributed by atoms with Crippen molar-refractivity contribution in [1.82, 2.24) is 19.8 Å². The Balaban J connectivity index is 1.66. The molecule has 0 unspecified atom stereocenters. The molecular weight excluding hydrogens is 382 g/mol. The molecule has 8 nitrogen and oxygen atoms in total. The van der Waals surface area contributed by atoms with Crippen LogP contribution in [-0.4, -0.2) is 32.6 Å². The van der Waals surface area contributed by atoms with Crippen LogP contribution >= 0.6 is 0 Å². The molecule has 0 bridgehead atoms. The number of benzene rings is 2. The van der Waals surface area contributed by atoms with Gasteiger partial charge in [-0.1, -0.05) is 17.3 Å². The molecular formula is C22H25N5O3. The number of ether oxygens (including phenoxy) is 1. The molecule has 1 aliphatic carbocycles.